The molecule has 0 aliphatic rings. The van der Waals surface area contributed by atoms with Crippen molar-refractivity contribution in [3.8, 4) is 5.75 Å². The Balaban J connectivity index is 2.30. The average molecular weight is 259 g/mol. The fourth-order valence-electron chi connectivity index (χ4n) is 1.97. The van der Waals surface area contributed by atoms with Gasteiger partial charge in [0.2, 0.25) is 0 Å². The van der Waals surface area contributed by atoms with Crippen molar-refractivity contribution in [3.63, 3.8) is 0 Å². The van der Waals surface area contributed by atoms with Gasteiger partial charge in [-0.25, -0.2) is 4.39 Å². The van der Waals surface area contributed by atoms with Crippen LogP contribution in [0.5, 0.6) is 5.75 Å². The Kier molecular flexibility index (Phi) is 4.17. The molecule has 0 saturated carbocycles. The molecule has 0 aliphatic carbocycles. The lowest BCUT2D eigenvalue weighted by atomic mass is 10.0. The molecule has 19 heavy (non-hydrogen) atoms. The van der Waals surface area contributed by atoms with Crippen LogP contribution >= 0.6 is 0 Å². The van der Waals surface area contributed by atoms with Crippen molar-refractivity contribution in [2.24, 2.45) is 5.73 Å². The van der Waals surface area contributed by atoms with Gasteiger partial charge in [0.15, 0.2) is 11.6 Å². The van der Waals surface area contributed by atoms with Gasteiger partial charge in [0.1, 0.15) is 6.10 Å². The number of hydrogen-bond acceptors (Lipinski definition) is 2. The van der Waals surface area contributed by atoms with Crippen molar-refractivity contribution in [2.45, 2.75) is 26.0 Å². The minimum atomic E-state index is -0.363. The summed E-state index contributed by atoms with van der Waals surface area (Å²) in [5, 5.41) is 0. The van der Waals surface area contributed by atoms with Gasteiger partial charge in [0.05, 0.1) is 0 Å². The maximum Gasteiger partial charge on any atom is 0.167 e. The van der Waals surface area contributed by atoms with Gasteiger partial charge in [-0.05, 0) is 31.0 Å². The van der Waals surface area contributed by atoms with Crippen LogP contribution in [0.25, 0.3) is 0 Å². The summed E-state index contributed by atoms with van der Waals surface area (Å²) < 4.78 is 19.7. The van der Waals surface area contributed by atoms with Crippen LogP contribution < -0.4 is 10.5 Å². The van der Waals surface area contributed by atoms with Gasteiger partial charge >= 0.3 is 0 Å². The summed E-state index contributed by atoms with van der Waals surface area (Å²) in [5.41, 5.74) is 7.46. The molecule has 0 spiro atoms. The fourth-order valence-corrected chi connectivity index (χ4v) is 1.97. The van der Waals surface area contributed by atoms with E-state index in [0.29, 0.717) is 5.56 Å². The van der Waals surface area contributed by atoms with Crippen molar-refractivity contribution < 1.29 is 9.13 Å². The lowest BCUT2D eigenvalue weighted by Crippen LogP contribution is -2.29. The summed E-state index contributed by atoms with van der Waals surface area (Å²) in [7, 11) is 0. The first-order valence-corrected chi connectivity index (χ1v) is 6.32. The van der Waals surface area contributed by atoms with Crippen molar-refractivity contribution >= 4 is 0 Å². The maximum absolute atomic E-state index is 14.0. The van der Waals surface area contributed by atoms with Gasteiger partial charge in [-0.3, -0.25) is 0 Å². The molecule has 2 nitrogen and oxygen atoms in total. The van der Waals surface area contributed by atoms with Crippen molar-refractivity contribution in [3.05, 3.63) is 65.5 Å². The Hall–Kier alpha value is -1.87. The zero-order valence-electron chi connectivity index (χ0n) is 11.1. The van der Waals surface area contributed by atoms with Crippen molar-refractivity contribution in [1.82, 2.24) is 0 Å². The quantitative estimate of drug-likeness (QED) is 0.910. The monoisotopic (exact) mass is 259 g/mol. The molecule has 2 rings (SSSR count). The third kappa shape index (κ3) is 3.12. The summed E-state index contributed by atoms with van der Waals surface area (Å²) in [6.07, 6.45) is -0.363. The number of rotatable bonds is 4. The third-order valence-electron chi connectivity index (χ3n) is 3.02. The summed E-state index contributed by atoms with van der Waals surface area (Å²) in [6.45, 7) is 3.57. The van der Waals surface area contributed by atoms with Crippen LogP contribution in [0.15, 0.2) is 48.5 Å². The van der Waals surface area contributed by atoms with Crippen molar-refractivity contribution in [1.29, 1.82) is 0 Å². The molecule has 0 amide bonds. The molecule has 2 aromatic rings. The van der Waals surface area contributed by atoms with Gasteiger partial charge in [-0.2, -0.15) is 0 Å². The second-order valence-electron chi connectivity index (χ2n) is 4.70. The number of halogens is 1. The first-order valence-electron chi connectivity index (χ1n) is 6.32. The second-order valence-corrected chi connectivity index (χ2v) is 4.70. The Labute approximate surface area is 113 Å². The highest BCUT2D eigenvalue weighted by molar-refractivity contribution is 5.31. The van der Waals surface area contributed by atoms with E-state index >= 15 is 0 Å². The van der Waals surface area contributed by atoms with Crippen LogP contribution in [-0.2, 0) is 0 Å². The molecule has 100 valence electrons. The molecule has 0 aliphatic heterocycles. The van der Waals surface area contributed by atoms with Gasteiger partial charge in [-0.15, -0.1) is 0 Å². The molecule has 2 atom stereocenters. The van der Waals surface area contributed by atoms with E-state index in [1.807, 2.05) is 37.3 Å². The Morgan fingerprint density at radius 2 is 1.74 bits per heavy atom. The molecule has 0 bridgehead atoms. The molecule has 0 fully saturated rings. The molecule has 0 radical (unpaired) electrons. The second kappa shape index (κ2) is 5.85. The topological polar surface area (TPSA) is 35.2 Å². The minimum Gasteiger partial charge on any atom is -0.481 e. The number of nitrogens with two attached hydrogens (primary N) is 1. The molecular formula is C16H18FNO. The highest BCUT2D eigenvalue weighted by Gasteiger charge is 2.19. The SMILES string of the molecule is Cc1cccc(OC(c2ccccc2)C(C)N)c1F. The minimum absolute atomic E-state index is 0.234. The van der Waals surface area contributed by atoms with Crippen LogP contribution in [0.2, 0.25) is 0 Å². The van der Waals surface area contributed by atoms with E-state index in [4.69, 9.17) is 10.5 Å². The Bertz CT molecular complexity index is 540. The van der Waals surface area contributed by atoms with Gasteiger partial charge < -0.3 is 10.5 Å². The molecule has 2 N–H and O–H groups in total. The summed E-state index contributed by atoms with van der Waals surface area (Å²) in [4.78, 5) is 0. The van der Waals surface area contributed by atoms with Crippen LogP contribution in [0.1, 0.15) is 24.2 Å². The van der Waals surface area contributed by atoms with E-state index in [1.165, 1.54) is 0 Å². The lowest BCUT2D eigenvalue weighted by Gasteiger charge is -2.23. The highest BCUT2D eigenvalue weighted by Crippen LogP contribution is 2.27. The molecule has 0 saturated heterocycles. The number of aryl methyl sites for hydroxylation is 1. The van der Waals surface area contributed by atoms with Crippen LogP contribution in [0, 0.1) is 12.7 Å². The van der Waals surface area contributed by atoms with Crippen LogP contribution in [-0.4, -0.2) is 6.04 Å². The Morgan fingerprint density at radius 1 is 1.05 bits per heavy atom. The summed E-state index contributed by atoms with van der Waals surface area (Å²) >= 11 is 0. The Morgan fingerprint density at radius 3 is 2.37 bits per heavy atom. The van der Waals surface area contributed by atoms with Gasteiger partial charge in [-0.1, -0.05) is 42.5 Å². The van der Waals surface area contributed by atoms with E-state index in [-0.39, 0.29) is 23.7 Å². The summed E-state index contributed by atoms with van der Waals surface area (Å²) in [5.74, 6) is -0.0877. The zero-order chi connectivity index (χ0) is 13.8. The van der Waals surface area contributed by atoms with E-state index in [9.17, 15) is 4.39 Å². The molecule has 0 aromatic heterocycles. The predicted molar refractivity (Wildman–Crippen MR) is 74.6 cm³/mol. The van der Waals surface area contributed by atoms with E-state index in [0.717, 1.165) is 5.56 Å². The smallest absolute Gasteiger partial charge is 0.167 e. The predicted octanol–water partition coefficient (Wildman–Crippen LogP) is 3.60. The highest BCUT2D eigenvalue weighted by atomic mass is 19.1. The summed E-state index contributed by atoms with van der Waals surface area (Å²) in [6, 6.07) is 14.5. The molecule has 2 aromatic carbocycles. The largest absolute Gasteiger partial charge is 0.481 e. The molecular weight excluding hydrogens is 241 g/mol. The van der Waals surface area contributed by atoms with Crippen LogP contribution in [0.4, 0.5) is 4.39 Å². The van der Waals surface area contributed by atoms with Gasteiger partial charge in [0, 0.05) is 6.04 Å². The first kappa shape index (κ1) is 13.6. The standard InChI is InChI=1S/C16H18FNO/c1-11-7-6-10-14(15(11)17)19-16(12(2)18)13-8-4-3-5-9-13/h3-10,12,16H,18H2,1-2H3. The van der Waals surface area contributed by atoms with E-state index in [1.54, 1.807) is 25.1 Å². The van der Waals surface area contributed by atoms with Gasteiger partial charge in [0.25, 0.3) is 0 Å². The van der Waals surface area contributed by atoms with E-state index in [2.05, 4.69) is 0 Å². The molecule has 3 heteroatoms. The first-order chi connectivity index (χ1) is 9.09. The molecule has 0 heterocycles. The molecule has 2 unspecified atom stereocenters. The van der Waals surface area contributed by atoms with Crippen LogP contribution in [0.3, 0.4) is 0 Å². The van der Waals surface area contributed by atoms with E-state index < -0.39 is 0 Å². The number of hydrogen-bond donors (Lipinski definition) is 1. The normalized spacial score (nSPS) is 13.9. The lowest BCUT2D eigenvalue weighted by molar-refractivity contribution is 0.172. The maximum atomic E-state index is 14.0. The number of benzene rings is 2. The fraction of sp³-hybridized carbons (Fsp3) is 0.250. The van der Waals surface area contributed by atoms with Crippen molar-refractivity contribution in [2.75, 3.05) is 0 Å². The zero-order valence-corrected chi connectivity index (χ0v) is 11.1. The number of ether oxygens (including phenoxy) is 1. The average Bonchev–Trinajstić information content (AvgIpc) is 2.41. The third-order valence-corrected chi connectivity index (χ3v) is 3.02.